The van der Waals surface area contributed by atoms with Crippen LogP contribution in [0.25, 0.3) is 6.08 Å². The molecule has 0 bridgehead atoms. The lowest BCUT2D eigenvalue weighted by Crippen LogP contribution is -2.22. The van der Waals surface area contributed by atoms with Crippen LogP contribution in [-0.2, 0) is 6.54 Å². The Labute approximate surface area is 144 Å². The van der Waals surface area contributed by atoms with Crippen molar-refractivity contribution in [3.05, 3.63) is 71.3 Å². The lowest BCUT2D eigenvalue weighted by Gasteiger charge is -2.17. The molecule has 2 aromatic carbocycles. The van der Waals surface area contributed by atoms with Crippen LogP contribution >= 0.6 is 0 Å². The van der Waals surface area contributed by atoms with E-state index in [2.05, 4.69) is 18.7 Å². The van der Waals surface area contributed by atoms with E-state index in [0.29, 0.717) is 5.56 Å². The van der Waals surface area contributed by atoms with Crippen LogP contribution in [0.5, 0.6) is 5.75 Å². The van der Waals surface area contributed by atoms with E-state index >= 15 is 0 Å². The Morgan fingerprint density at radius 1 is 1.00 bits per heavy atom. The van der Waals surface area contributed by atoms with Crippen molar-refractivity contribution < 1.29 is 9.53 Å². The van der Waals surface area contributed by atoms with Crippen molar-refractivity contribution in [3.8, 4) is 5.75 Å². The molecule has 0 heterocycles. The maximum atomic E-state index is 12.3. The fourth-order valence-electron chi connectivity index (χ4n) is 2.46. The van der Waals surface area contributed by atoms with Crippen molar-refractivity contribution in [2.45, 2.75) is 20.4 Å². The predicted octanol–water partition coefficient (Wildman–Crippen LogP) is 4.43. The third-order valence-corrected chi connectivity index (χ3v) is 4.08. The fourth-order valence-corrected chi connectivity index (χ4v) is 2.46. The molecular formula is C21H25NO2. The molecule has 0 aliphatic carbocycles. The minimum Gasteiger partial charge on any atom is -0.497 e. The molecule has 0 N–H and O–H groups in total. The Bertz CT molecular complexity index is 668. The van der Waals surface area contributed by atoms with Gasteiger partial charge in [-0.15, -0.1) is 0 Å². The summed E-state index contributed by atoms with van der Waals surface area (Å²) in [6.45, 7) is 7.30. The van der Waals surface area contributed by atoms with Crippen LogP contribution in [0.3, 0.4) is 0 Å². The molecule has 0 atom stereocenters. The van der Waals surface area contributed by atoms with Crippen molar-refractivity contribution in [1.29, 1.82) is 0 Å². The van der Waals surface area contributed by atoms with Gasteiger partial charge in [0.1, 0.15) is 5.75 Å². The van der Waals surface area contributed by atoms with E-state index in [-0.39, 0.29) is 5.78 Å². The molecule has 0 saturated carbocycles. The van der Waals surface area contributed by atoms with Gasteiger partial charge in [0.2, 0.25) is 0 Å². The Morgan fingerprint density at radius 2 is 1.62 bits per heavy atom. The maximum absolute atomic E-state index is 12.3. The molecule has 24 heavy (non-hydrogen) atoms. The maximum Gasteiger partial charge on any atom is 0.185 e. The molecule has 0 spiro atoms. The predicted molar refractivity (Wildman–Crippen MR) is 99.4 cm³/mol. The summed E-state index contributed by atoms with van der Waals surface area (Å²) in [6, 6.07) is 15.5. The SMILES string of the molecule is CCN(CC)Cc1ccc(C(=O)C=Cc2ccc(OC)cc2)cc1. The van der Waals surface area contributed by atoms with Gasteiger partial charge < -0.3 is 4.74 Å². The molecule has 0 aromatic heterocycles. The minimum atomic E-state index is 0.0141. The third-order valence-electron chi connectivity index (χ3n) is 4.08. The van der Waals surface area contributed by atoms with E-state index in [1.807, 2.05) is 54.6 Å². The highest BCUT2D eigenvalue weighted by atomic mass is 16.5. The topological polar surface area (TPSA) is 29.5 Å². The van der Waals surface area contributed by atoms with Gasteiger partial charge in [0.25, 0.3) is 0 Å². The van der Waals surface area contributed by atoms with E-state index < -0.39 is 0 Å². The molecule has 0 aliphatic rings. The largest absolute Gasteiger partial charge is 0.497 e. The first-order valence-electron chi connectivity index (χ1n) is 8.34. The first-order chi connectivity index (χ1) is 11.7. The summed E-state index contributed by atoms with van der Waals surface area (Å²) in [6.07, 6.45) is 3.44. The second-order valence-corrected chi connectivity index (χ2v) is 5.63. The third kappa shape index (κ3) is 5.07. The highest BCUT2D eigenvalue weighted by molar-refractivity contribution is 6.06. The standard InChI is InChI=1S/C21H25NO2/c1-4-22(5-2)16-18-6-11-19(12-7-18)21(23)15-10-17-8-13-20(24-3)14-9-17/h6-15H,4-5,16H2,1-3H3. The average Bonchev–Trinajstić information content (AvgIpc) is 2.65. The zero-order valence-corrected chi connectivity index (χ0v) is 14.7. The van der Waals surface area contributed by atoms with E-state index in [4.69, 9.17) is 4.74 Å². The van der Waals surface area contributed by atoms with Crippen molar-refractivity contribution >= 4 is 11.9 Å². The van der Waals surface area contributed by atoms with Crippen molar-refractivity contribution in [1.82, 2.24) is 4.90 Å². The van der Waals surface area contributed by atoms with Gasteiger partial charge in [0.05, 0.1) is 7.11 Å². The van der Waals surface area contributed by atoms with E-state index in [9.17, 15) is 4.79 Å². The van der Waals surface area contributed by atoms with Crippen molar-refractivity contribution in [3.63, 3.8) is 0 Å². The summed E-state index contributed by atoms with van der Waals surface area (Å²) < 4.78 is 5.12. The summed E-state index contributed by atoms with van der Waals surface area (Å²) in [5.41, 5.74) is 2.92. The smallest absolute Gasteiger partial charge is 0.185 e. The van der Waals surface area contributed by atoms with Crippen LogP contribution in [0.2, 0.25) is 0 Å². The van der Waals surface area contributed by atoms with Crippen LogP contribution in [0.1, 0.15) is 35.3 Å². The highest BCUT2D eigenvalue weighted by Crippen LogP contribution is 2.13. The lowest BCUT2D eigenvalue weighted by atomic mass is 10.1. The second kappa shape index (κ2) is 9.04. The van der Waals surface area contributed by atoms with Gasteiger partial charge in [-0.05, 0) is 42.4 Å². The summed E-state index contributed by atoms with van der Waals surface area (Å²) in [7, 11) is 1.64. The molecule has 0 saturated heterocycles. The van der Waals surface area contributed by atoms with Gasteiger partial charge in [-0.2, -0.15) is 0 Å². The number of ketones is 1. The zero-order chi connectivity index (χ0) is 17.4. The number of allylic oxidation sites excluding steroid dienone is 1. The first kappa shape index (κ1) is 18.0. The van der Waals surface area contributed by atoms with Gasteiger partial charge in [-0.3, -0.25) is 9.69 Å². The fraction of sp³-hybridized carbons (Fsp3) is 0.286. The number of nitrogens with zero attached hydrogens (tertiary/aromatic N) is 1. The monoisotopic (exact) mass is 323 g/mol. The molecule has 2 aromatic rings. The average molecular weight is 323 g/mol. The van der Waals surface area contributed by atoms with Gasteiger partial charge >= 0.3 is 0 Å². The van der Waals surface area contributed by atoms with E-state index in [1.54, 1.807) is 13.2 Å². The van der Waals surface area contributed by atoms with Crippen molar-refractivity contribution in [2.75, 3.05) is 20.2 Å². The highest BCUT2D eigenvalue weighted by Gasteiger charge is 2.04. The Hall–Kier alpha value is -2.39. The molecule has 0 unspecified atom stereocenters. The van der Waals surface area contributed by atoms with Crippen LogP contribution in [-0.4, -0.2) is 30.9 Å². The molecule has 126 valence electrons. The van der Waals surface area contributed by atoms with E-state index in [0.717, 1.165) is 30.9 Å². The number of hydrogen-bond donors (Lipinski definition) is 0. The molecule has 3 nitrogen and oxygen atoms in total. The molecule has 0 radical (unpaired) electrons. The van der Waals surface area contributed by atoms with Gasteiger partial charge in [0, 0.05) is 12.1 Å². The molecule has 0 aliphatic heterocycles. The number of ether oxygens (including phenoxy) is 1. The molecule has 0 amide bonds. The summed E-state index contributed by atoms with van der Waals surface area (Å²) in [5, 5.41) is 0. The van der Waals surface area contributed by atoms with Crippen LogP contribution in [0, 0.1) is 0 Å². The van der Waals surface area contributed by atoms with Crippen molar-refractivity contribution in [2.24, 2.45) is 0 Å². The number of methoxy groups -OCH3 is 1. The molecule has 2 rings (SSSR count). The summed E-state index contributed by atoms with van der Waals surface area (Å²) in [5.74, 6) is 0.822. The number of benzene rings is 2. The second-order valence-electron chi connectivity index (χ2n) is 5.63. The Balaban J connectivity index is 2.00. The van der Waals surface area contributed by atoms with Gasteiger partial charge in [-0.1, -0.05) is 56.3 Å². The first-order valence-corrected chi connectivity index (χ1v) is 8.34. The van der Waals surface area contributed by atoms with Crippen LogP contribution in [0.15, 0.2) is 54.6 Å². The quantitative estimate of drug-likeness (QED) is 0.531. The van der Waals surface area contributed by atoms with Gasteiger partial charge in [0.15, 0.2) is 5.78 Å². The Kier molecular flexibility index (Phi) is 6.76. The zero-order valence-electron chi connectivity index (χ0n) is 14.7. The summed E-state index contributed by atoms with van der Waals surface area (Å²) in [4.78, 5) is 14.6. The molecule has 0 fully saturated rings. The normalized spacial score (nSPS) is 11.2. The number of hydrogen-bond acceptors (Lipinski definition) is 3. The lowest BCUT2D eigenvalue weighted by molar-refractivity contribution is 0.104. The van der Waals surface area contributed by atoms with Gasteiger partial charge in [-0.25, -0.2) is 0 Å². The Morgan fingerprint density at radius 3 is 2.17 bits per heavy atom. The number of rotatable bonds is 8. The van der Waals surface area contributed by atoms with Crippen LogP contribution in [0.4, 0.5) is 0 Å². The number of carbonyl (C=O) groups is 1. The van der Waals surface area contributed by atoms with Crippen LogP contribution < -0.4 is 4.74 Å². The molecular weight excluding hydrogens is 298 g/mol. The number of carbonyl (C=O) groups excluding carboxylic acids is 1. The van der Waals surface area contributed by atoms with E-state index in [1.165, 1.54) is 5.56 Å². The molecule has 3 heteroatoms. The summed E-state index contributed by atoms with van der Waals surface area (Å²) >= 11 is 0. The minimum absolute atomic E-state index is 0.0141.